The van der Waals surface area contributed by atoms with E-state index in [9.17, 15) is 9.59 Å². The van der Waals surface area contributed by atoms with Crippen molar-refractivity contribution in [2.75, 3.05) is 19.6 Å². The summed E-state index contributed by atoms with van der Waals surface area (Å²) in [6.45, 7) is 1.24. The fourth-order valence-electron chi connectivity index (χ4n) is 1.79. The summed E-state index contributed by atoms with van der Waals surface area (Å²) in [7, 11) is 0. The lowest BCUT2D eigenvalue weighted by Gasteiger charge is -2.35. The lowest BCUT2D eigenvalue weighted by Crippen LogP contribution is -2.51. The Balaban J connectivity index is 1.87. The number of nitrogens with zero attached hydrogens (tertiary/aromatic N) is 1. The van der Waals surface area contributed by atoms with Gasteiger partial charge in [0.1, 0.15) is 0 Å². The van der Waals surface area contributed by atoms with E-state index in [-0.39, 0.29) is 11.7 Å². The summed E-state index contributed by atoms with van der Waals surface area (Å²) in [5.74, 6) is -1.06. The highest BCUT2D eigenvalue weighted by Gasteiger charge is 2.33. The van der Waals surface area contributed by atoms with Gasteiger partial charge in [0.2, 0.25) is 0 Å². The highest BCUT2D eigenvalue weighted by atomic mass is 79.9. The van der Waals surface area contributed by atoms with Gasteiger partial charge in [-0.2, -0.15) is 0 Å². The molecule has 0 saturated carbocycles. The molecule has 0 radical (unpaired) electrons. The second-order valence-electron chi connectivity index (χ2n) is 4.16. The van der Waals surface area contributed by atoms with Gasteiger partial charge in [-0.15, -0.1) is 0 Å². The number of rotatable bonds is 4. The predicted octanol–water partition coefficient (Wildman–Crippen LogP) is 1.65. The SMILES string of the molecule is O=C(CN1CC(C(=O)O)C1)c1ccc(Br)cc1. The molecule has 0 bridgehead atoms. The van der Waals surface area contributed by atoms with Gasteiger partial charge in [-0.25, -0.2) is 0 Å². The van der Waals surface area contributed by atoms with Crippen molar-refractivity contribution < 1.29 is 14.7 Å². The Hall–Kier alpha value is -1.20. The monoisotopic (exact) mass is 297 g/mol. The molecule has 4 nitrogen and oxygen atoms in total. The molecule has 17 heavy (non-hydrogen) atoms. The zero-order valence-corrected chi connectivity index (χ0v) is 10.7. The number of Topliss-reactive ketones (excluding diaryl/α,β-unsaturated/α-hetero) is 1. The largest absolute Gasteiger partial charge is 0.481 e. The summed E-state index contributed by atoms with van der Waals surface area (Å²) >= 11 is 3.31. The van der Waals surface area contributed by atoms with Gasteiger partial charge in [0.25, 0.3) is 0 Å². The van der Waals surface area contributed by atoms with Crippen LogP contribution in [0.4, 0.5) is 0 Å². The van der Waals surface area contributed by atoms with Crippen molar-refractivity contribution in [2.24, 2.45) is 5.92 Å². The topological polar surface area (TPSA) is 57.6 Å². The summed E-state index contributed by atoms with van der Waals surface area (Å²) < 4.78 is 0.934. The van der Waals surface area contributed by atoms with E-state index in [1.54, 1.807) is 12.1 Å². The lowest BCUT2D eigenvalue weighted by molar-refractivity contribution is -0.147. The van der Waals surface area contributed by atoms with E-state index in [0.717, 1.165) is 4.47 Å². The number of carboxylic acids is 1. The Labute approximate surface area is 107 Å². The Morgan fingerprint density at radius 1 is 1.29 bits per heavy atom. The number of carboxylic acid groups (broad SMARTS) is 1. The van der Waals surface area contributed by atoms with Crippen molar-refractivity contribution in [3.63, 3.8) is 0 Å². The van der Waals surface area contributed by atoms with Crippen molar-refractivity contribution in [3.8, 4) is 0 Å². The minimum Gasteiger partial charge on any atom is -0.481 e. The van der Waals surface area contributed by atoms with Crippen LogP contribution in [0, 0.1) is 5.92 Å². The standard InChI is InChI=1S/C12H12BrNO3/c13-10-3-1-8(2-4-10)11(15)7-14-5-9(6-14)12(16)17/h1-4,9H,5-7H2,(H,16,17). The maximum atomic E-state index is 11.8. The third-order valence-corrected chi connectivity index (χ3v) is 3.37. The minimum absolute atomic E-state index is 0.0290. The molecule has 1 heterocycles. The second-order valence-corrected chi connectivity index (χ2v) is 5.07. The quantitative estimate of drug-likeness (QED) is 0.859. The number of benzene rings is 1. The average molecular weight is 298 g/mol. The molecule has 1 aliphatic rings. The highest BCUT2D eigenvalue weighted by molar-refractivity contribution is 9.10. The van der Waals surface area contributed by atoms with Crippen molar-refractivity contribution in [3.05, 3.63) is 34.3 Å². The van der Waals surface area contributed by atoms with Gasteiger partial charge in [0, 0.05) is 23.1 Å². The molecular formula is C12H12BrNO3. The molecule has 1 aliphatic heterocycles. The van der Waals surface area contributed by atoms with Crippen molar-refractivity contribution in [2.45, 2.75) is 0 Å². The molecule has 1 saturated heterocycles. The van der Waals surface area contributed by atoms with Crippen LogP contribution in [0.15, 0.2) is 28.7 Å². The van der Waals surface area contributed by atoms with E-state index < -0.39 is 5.97 Å². The Morgan fingerprint density at radius 3 is 2.41 bits per heavy atom. The smallest absolute Gasteiger partial charge is 0.309 e. The number of halogens is 1. The molecule has 0 aromatic heterocycles. The van der Waals surface area contributed by atoms with Crippen LogP contribution >= 0.6 is 15.9 Å². The third kappa shape index (κ3) is 2.92. The van der Waals surface area contributed by atoms with Crippen LogP contribution in [0.2, 0.25) is 0 Å². The zero-order chi connectivity index (χ0) is 12.4. The third-order valence-electron chi connectivity index (χ3n) is 2.84. The van der Waals surface area contributed by atoms with Crippen LogP contribution in [0.1, 0.15) is 10.4 Å². The van der Waals surface area contributed by atoms with Crippen LogP contribution in [0.25, 0.3) is 0 Å². The van der Waals surface area contributed by atoms with Crippen LogP contribution in [-0.2, 0) is 4.79 Å². The molecule has 0 spiro atoms. The van der Waals surface area contributed by atoms with Crippen molar-refractivity contribution in [1.82, 2.24) is 4.90 Å². The van der Waals surface area contributed by atoms with Gasteiger partial charge >= 0.3 is 5.97 Å². The Bertz CT molecular complexity index is 438. The first-order chi connectivity index (χ1) is 8.06. The predicted molar refractivity (Wildman–Crippen MR) is 66.0 cm³/mol. The number of aliphatic carboxylic acids is 1. The fraction of sp³-hybridized carbons (Fsp3) is 0.333. The summed E-state index contributed by atoms with van der Waals surface area (Å²) in [5.41, 5.74) is 0.659. The normalized spacial score (nSPS) is 16.5. The number of hydrogen-bond donors (Lipinski definition) is 1. The molecule has 1 aromatic carbocycles. The van der Waals surface area contributed by atoms with E-state index in [1.807, 2.05) is 17.0 Å². The second kappa shape index (κ2) is 4.98. The first-order valence-electron chi connectivity index (χ1n) is 5.30. The maximum Gasteiger partial charge on any atom is 0.309 e. The number of ketones is 1. The van der Waals surface area contributed by atoms with Crippen LogP contribution in [0.5, 0.6) is 0 Å². The molecule has 0 atom stereocenters. The van der Waals surface area contributed by atoms with Gasteiger partial charge in [0.05, 0.1) is 12.5 Å². The molecule has 90 valence electrons. The molecule has 0 unspecified atom stereocenters. The lowest BCUT2D eigenvalue weighted by atomic mass is 9.99. The van der Waals surface area contributed by atoms with Gasteiger partial charge in [-0.3, -0.25) is 14.5 Å². The fourth-order valence-corrected chi connectivity index (χ4v) is 2.05. The molecule has 1 fully saturated rings. The van der Waals surface area contributed by atoms with E-state index in [4.69, 9.17) is 5.11 Å². The average Bonchev–Trinajstić information content (AvgIpc) is 2.23. The molecular weight excluding hydrogens is 286 g/mol. The van der Waals surface area contributed by atoms with Crippen molar-refractivity contribution in [1.29, 1.82) is 0 Å². The van der Waals surface area contributed by atoms with Gasteiger partial charge in [-0.1, -0.05) is 28.1 Å². The van der Waals surface area contributed by atoms with Crippen LogP contribution < -0.4 is 0 Å². The summed E-state index contributed by atoms with van der Waals surface area (Å²) in [4.78, 5) is 24.3. The van der Waals surface area contributed by atoms with E-state index in [0.29, 0.717) is 25.2 Å². The number of carbonyl (C=O) groups is 2. The number of likely N-dealkylation sites (tertiary alicyclic amines) is 1. The summed E-state index contributed by atoms with van der Waals surface area (Å²) in [6, 6.07) is 7.18. The molecule has 1 aromatic rings. The molecule has 5 heteroatoms. The highest BCUT2D eigenvalue weighted by Crippen LogP contribution is 2.17. The van der Waals surface area contributed by atoms with Crippen molar-refractivity contribution >= 4 is 27.7 Å². The summed E-state index contributed by atoms with van der Waals surface area (Å²) in [5, 5.41) is 8.72. The Kier molecular flexibility index (Phi) is 3.59. The maximum absolute atomic E-state index is 11.8. The number of carbonyl (C=O) groups excluding carboxylic acids is 1. The molecule has 2 rings (SSSR count). The Morgan fingerprint density at radius 2 is 1.88 bits per heavy atom. The van der Waals surface area contributed by atoms with E-state index in [2.05, 4.69) is 15.9 Å². The zero-order valence-electron chi connectivity index (χ0n) is 9.10. The first-order valence-corrected chi connectivity index (χ1v) is 6.09. The minimum atomic E-state index is -0.780. The molecule has 0 aliphatic carbocycles. The molecule has 1 N–H and O–H groups in total. The number of hydrogen-bond acceptors (Lipinski definition) is 3. The molecule has 0 amide bonds. The first kappa shape index (κ1) is 12.3. The van der Waals surface area contributed by atoms with Gasteiger partial charge in [0.15, 0.2) is 5.78 Å². The van der Waals surface area contributed by atoms with Crippen LogP contribution in [0.3, 0.4) is 0 Å². The van der Waals surface area contributed by atoms with E-state index >= 15 is 0 Å². The van der Waals surface area contributed by atoms with Gasteiger partial charge < -0.3 is 5.11 Å². The van der Waals surface area contributed by atoms with E-state index in [1.165, 1.54) is 0 Å². The van der Waals surface area contributed by atoms with Crippen LogP contribution in [-0.4, -0.2) is 41.4 Å². The van der Waals surface area contributed by atoms with Gasteiger partial charge in [-0.05, 0) is 12.1 Å². The summed E-state index contributed by atoms with van der Waals surface area (Å²) in [6.07, 6.45) is 0.